The summed E-state index contributed by atoms with van der Waals surface area (Å²) in [7, 11) is 0. The number of halogens is 1. The monoisotopic (exact) mass is 337 g/mol. The SMILES string of the molecule is Cc1cc(C(NCc2scc3c2OCCO3)C(=O)O)ccc1F. The Morgan fingerprint density at radius 1 is 1.43 bits per heavy atom. The Morgan fingerprint density at radius 2 is 2.22 bits per heavy atom. The molecule has 0 bridgehead atoms. The van der Waals surface area contributed by atoms with E-state index >= 15 is 0 Å². The lowest BCUT2D eigenvalue weighted by Crippen LogP contribution is -2.28. The smallest absolute Gasteiger partial charge is 0.325 e. The summed E-state index contributed by atoms with van der Waals surface area (Å²) in [4.78, 5) is 12.4. The summed E-state index contributed by atoms with van der Waals surface area (Å²) in [5, 5.41) is 14.3. The number of thiophene rings is 1. The van der Waals surface area contributed by atoms with Gasteiger partial charge >= 0.3 is 5.97 Å². The fourth-order valence-electron chi connectivity index (χ4n) is 2.43. The van der Waals surface area contributed by atoms with Gasteiger partial charge in [-0.1, -0.05) is 12.1 Å². The van der Waals surface area contributed by atoms with Gasteiger partial charge in [0.05, 0.1) is 4.88 Å². The van der Waals surface area contributed by atoms with Crippen molar-refractivity contribution in [1.29, 1.82) is 0 Å². The Morgan fingerprint density at radius 3 is 2.96 bits per heavy atom. The van der Waals surface area contributed by atoms with Crippen LogP contribution < -0.4 is 14.8 Å². The molecule has 1 unspecified atom stereocenters. The predicted octanol–water partition coefficient (Wildman–Crippen LogP) is 2.88. The summed E-state index contributed by atoms with van der Waals surface area (Å²) < 4.78 is 24.4. The minimum Gasteiger partial charge on any atom is -0.485 e. The molecule has 0 spiro atoms. The number of fused-ring (bicyclic) bond motifs is 1. The van der Waals surface area contributed by atoms with Crippen LogP contribution in [-0.4, -0.2) is 24.3 Å². The normalized spacial score (nSPS) is 14.5. The van der Waals surface area contributed by atoms with Crippen molar-refractivity contribution in [3.05, 3.63) is 45.4 Å². The first-order valence-electron chi connectivity index (χ1n) is 7.14. The van der Waals surface area contributed by atoms with Gasteiger partial charge < -0.3 is 14.6 Å². The number of aryl methyl sites for hydroxylation is 1. The van der Waals surface area contributed by atoms with Crippen LogP contribution >= 0.6 is 11.3 Å². The zero-order chi connectivity index (χ0) is 16.4. The zero-order valence-electron chi connectivity index (χ0n) is 12.5. The molecule has 1 aliphatic heterocycles. The molecule has 0 aliphatic carbocycles. The second-order valence-corrected chi connectivity index (χ2v) is 6.17. The molecule has 0 fully saturated rings. The molecule has 1 atom stereocenters. The highest BCUT2D eigenvalue weighted by atomic mass is 32.1. The number of nitrogens with one attached hydrogen (secondary N) is 1. The molecule has 0 saturated carbocycles. The highest BCUT2D eigenvalue weighted by Gasteiger charge is 2.23. The Kier molecular flexibility index (Phi) is 4.49. The van der Waals surface area contributed by atoms with Crippen LogP contribution in [0, 0.1) is 12.7 Å². The Bertz CT molecular complexity index is 731. The molecule has 1 aromatic heterocycles. The third-order valence-electron chi connectivity index (χ3n) is 3.60. The van der Waals surface area contributed by atoms with Crippen LogP contribution in [-0.2, 0) is 11.3 Å². The van der Waals surface area contributed by atoms with Gasteiger partial charge in [-0.05, 0) is 24.1 Å². The van der Waals surface area contributed by atoms with E-state index in [0.717, 1.165) is 4.88 Å². The summed E-state index contributed by atoms with van der Waals surface area (Å²) in [6.45, 7) is 2.94. The van der Waals surface area contributed by atoms with E-state index in [-0.39, 0.29) is 5.82 Å². The van der Waals surface area contributed by atoms with Gasteiger partial charge in [-0.15, -0.1) is 11.3 Å². The molecule has 122 valence electrons. The quantitative estimate of drug-likeness (QED) is 0.878. The number of carboxylic acids is 1. The van der Waals surface area contributed by atoms with Crippen molar-refractivity contribution in [2.24, 2.45) is 0 Å². The van der Waals surface area contributed by atoms with Gasteiger partial charge in [0.2, 0.25) is 0 Å². The third kappa shape index (κ3) is 3.30. The average Bonchev–Trinajstić information content (AvgIpc) is 2.94. The van der Waals surface area contributed by atoms with E-state index in [9.17, 15) is 14.3 Å². The molecular weight excluding hydrogens is 321 g/mol. The maximum Gasteiger partial charge on any atom is 0.325 e. The van der Waals surface area contributed by atoms with Crippen molar-refractivity contribution in [1.82, 2.24) is 5.32 Å². The molecule has 1 aromatic carbocycles. The lowest BCUT2D eigenvalue weighted by Gasteiger charge is -2.18. The van der Waals surface area contributed by atoms with Gasteiger partial charge in [0.1, 0.15) is 25.1 Å². The van der Waals surface area contributed by atoms with Crippen molar-refractivity contribution in [3.8, 4) is 11.5 Å². The van der Waals surface area contributed by atoms with E-state index in [2.05, 4.69) is 5.32 Å². The van der Waals surface area contributed by atoms with E-state index in [1.54, 1.807) is 13.0 Å². The topological polar surface area (TPSA) is 67.8 Å². The Balaban J connectivity index is 1.77. The Hall–Kier alpha value is -2.12. The van der Waals surface area contributed by atoms with Gasteiger partial charge in [-0.25, -0.2) is 4.39 Å². The second kappa shape index (κ2) is 6.55. The van der Waals surface area contributed by atoms with Gasteiger partial charge in [0, 0.05) is 11.9 Å². The lowest BCUT2D eigenvalue weighted by atomic mass is 10.0. The molecule has 5 nitrogen and oxygen atoms in total. The first-order chi connectivity index (χ1) is 11.1. The van der Waals surface area contributed by atoms with Crippen LogP contribution in [0.3, 0.4) is 0 Å². The van der Waals surface area contributed by atoms with Crippen LogP contribution in [0.25, 0.3) is 0 Å². The third-order valence-corrected chi connectivity index (χ3v) is 4.55. The first-order valence-corrected chi connectivity index (χ1v) is 8.02. The number of hydrogen-bond donors (Lipinski definition) is 2. The van der Waals surface area contributed by atoms with Crippen molar-refractivity contribution in [2.45, 2.75) is 19.5 Å². The summed E-state index contributed by atoms with van der Waals surface area (Å²) >= 11 is 1.45. The number of aliphatic carboxylic acids is 1. The van der Waals surface area contributed by atoms with Gasteiger partial charge in [0.25, 0.3) is 0 Å². The lowest BCUT2D eigenvalue weighted by molar-refractivity contribution is -0.139. The van der Waals surface area contributed by atoms with Crippen molar-refractivity contribution >= 4 is 17.3 Å². The van der Waals surface area contributed by atoms with Crippen LogP contribution in [0.2, 0.25) is 0 Å². The van der Waals surface area contributed by atoms with Crippen LogP contribution in [0.15, 0.2) is 23.6 Å². The maximum atomic E-state index is 13.4. The molecule has 2 heterocycles. The van der Waals surface area contributed by atoms with E-state index in [4.69, 9.17) is 9.47 Å². The minimum absolute atomic E-state index is 0.330. The predicted molar refractivity (Wildman–Crippen MR) is 83.7 cm³/mol. The van der Waals surface area contributed by atoms with E-state index in [1.165, 1.54) is 23.5 Å². The van der Waals surface area contributed by atoms with Gasteiger partial charge in [-0.2, -0.15) is 0 Å². The van der Waals surface area contributed by atoms with Crippen molar-refractivity contribution in [2.75, 3.05) is 13.2 Å². The number of carbonyl (C=O) groups is 1. The fraction of sp³-hybridized carbons (Fsp3) is 0.312. The van der Waals surface area contributed by atoms with Crippen molar-refractivity contribution in [3.63, 3.8) is 0 Å². The second-order valence-electron chi connectivity index (χ2n) is 5.21. The number of benzene rings is 1. The molecule has 2 N–H and O–H groups in total. The number of ether oxygens (including phenoxy) is 2. The summed E-state index contributed by atoms with van der Waals surface area (Å²) in [5.41, 5.74) is 0.930. The van der Waals surface area contributed by atoms with E-state index in [1.807, 2.05) is 5.38 Å². The van der Waals surface area contributed by atoms with Crippen LogP contribution in [0.1, 0.15) is 22.0 Å². The highest BCUT2D eigenvalue weighted by Crippen LogP contribution is 2.39. The fourth-order valence-corrected chi connectivity index (χ4v) is 3.29. The van der Waals surface area contributed by atoms with Gasteiger partial charge in [-0.3, -0.25) is 10.1 Å². The average molecular weight is 337 g/mol. The zero-order valence-corrected chi connectivity index (χ0v) is 13.3. The number of hydrogen-bond acceptors (Lipinski definition) is 5. The molecule has 0 radical (unpaired) electrons. The van der Waals surface area contributed by atoms with E-state index < -0.39 is 12.0 Å². The molecule has 1 aliphatic rings. The number of carboxylic acid groups (broad SMARTS) is 1. The summed E-state index contributed by atoms with van der Waals surface area (Å²) in [6.07, 6.45) is 0. The van der Waals surface area contributed by atoms with Crippen LogP contribution in [0.5, 0.6) is 11.5 Å². The van der Waals surface area contributed by atoms with Crippen molar-refractivity contribution < 1.29 is 23.8 Å². The standard InChI is InChI=1S/C16H16FNO4S/c1-9-6-10(2-3-11(9)17)14(16(19)20)18-7-13-15-12(8-23-13)21-4-5-22-15/h2-3,6,8,14,18H,4-5,7H2,1H3,(H,19,20). The summed E-state index contributed by atoms with van der Waals surface area (Å²) in [6, 6.07) is 3.39. The summed E-state index contributed by atoms with van der Waals surface area (Å²) in [5.74, 6) is 0.00471. The highest BCUT2D eigenvalue weighted by molar-refractivity contribution is 7.10. The van der Waals surface area contributed by atoms with E-state index in [0.29, 0.717) is 42.4 Å². The molecular formula is C16H16FNO4S. The molecule has 23 heavy (non-hydrogen) atoms. The first kappa shape index (κ1) is 15.8. The van der Waals surface area contributed by atoms with Crippen LogP contribution in [0.4, 0.5) is 4.39 Å². The molecule has 0 saturated heterocycles. The minimum atomic E-state index is -1.02. The van der Waals surface area contributed by atoms with Gasteiger partial charge in [0.15, 0.2) is 11.5 Å². The molecule has 0 amide bonds. The molecule has 2 aromatic rings. The molecule has 7 heteroatoms. The molecule has 3 rings (SSSR count). The largest absolute Gasteiger partial charge is 0.485 e. The Labute approximate surface area is 136 Å². The number of rotatable bonds is 5. The maximum absolute atomic E-state index is 13.4.